The van der Waals surface area contributed by atoms with E-state index in [-0.39, 0.29) is 0 Å². The Morgan fingerprint density at radius 2 is 0.759 bits per heavy atom. The molecule has 58 heavy (non-hydrogen) atoms. The number of benzene rings is 12. The smallest absolute Gasteiger partial charge is 0.00170 e. The van der Waals surface area contributed by atoms with Gasteiger partial charge in [-0.15, -0.1) is 0 Å². The van der Waals surface area contributed by atoms with Gasteiger partial charge < -0.3 is 0 Å². The van der Waals surface area contributed by atoms with Gasteiger partial charge in [0, 0.05) is 0 Å². The van der Waals surface area contributed by atoms with E-state index in [9.17, 15) is 0 Å². The second-order valence-electron chi connectivity index (χ2n) is 16.2. The Bertz CT molecular complexity index is 3610. The van der Waals surface area contributed by atoms with E-state index in [1.807, 2.05) is 0 Å². The van der Waals surface area contributed by atoms with Gasteiger partial charge in [0.15, 0.2) is 0 Å². The molecule has 12 aromatic rings. The van der Waals surface area contributed by atoms with Crippen molar-refractivity contribution in [2.75, 3.05) is 0 Å². The van der Waals surface area contributed by atoms with Crippen molar-refractivity contribution in [2.24, 2.45) is 0 Å². The van der Waals surface area contributed by atoms with Gasteiger partial charge in [-0.25, -0.2) is 0 Å². The monoisotopic (exact) mass is 732 g/mol. The van der Waals surface area contributed by atoms with Crippen molar-refractivity contribution in [3.63, 3.8) is 0 Å². The summed E-state index contributed by atoms with van der Waals surface area (Å²) in [6.45, 7) is 0. The van der Waals surface area contributed by atoms with Gasteiger partial charge in [0.1, 0.15) is 0 Å². The highest BCUT2D eigenvalue weighted by atomic mass is 14.3. The molecular formula is C58H36. The third-order valence-corrected chi connectivity index (χ3v) is 13.2. The van der Waals surface area contributed by atoms with Gasteiger partial charge in [0.25, 0.3) is 0 Å². The molecule has 0 nitrogen and oxygen atoms in total. The minimum absolute atomic E-state index is 0.959. The minimum atomic E-state index is 0.959. The zero-order valence-corrected chi connectivity index (χ0v) is 31.9. The van der Waals surface area contributed by atoms with Crippen molar-refractivity contribution in [3.05, 3.63) is 211 Å². The highest BCUT2D eigenvalue weighted by Gasteiger charge is 2.30. The molecule has 0 spiro atoms. The van der Waals surface area contributed by atoms with Crippen LogP contribution in [0.15, 0.2) is 194 Å². The van der Waals surface area contributed by atoms with Crippen molar-refractivity contribution < 1.29 is 0 Å². The molecular weight excluding hydrogens is 697 g/mol. The summed E-state index contributed by atoms with van der Waals surface area (Å²) in [5.74, 6) is 0. The highest BCUT2D eigenvalue weighted by Crippen LogP contribution is 2.54. The fourth-order valence-electron chi connectivity index (χ4n) is 10.8. The van der Waals surface area contributed by atoms with Crippen molar-refractivity contribution >= 4 is 81.0 Å². The second kappa shape index (κ2) is 12.1. The number of hydrogen-bond donors (Lipinski definition) is 0. The van der Waals surface area contributed by atoms with Crippen LogP contribution in [0.3, 0.4) is 0 Å². The standard InChI is InChI=1S/C58H36/c1-3-11-35(12-4-1)43-19-9-21-49-55(43)57(47-33-29-41-25-23-37-15-7-17-39-27-31-45(47)53(41)51(37)39)50-22-10-20-44(36-13-5-2-6-14-36)56(50)58(49)48-34-30-42-26-24-38-16-8-18-40-28-32-46(48)54(42)52(38)40/h1-9,11-21,23-34H,10,22H2. The third kappa shape index (κ3) is 4.40. The zero-order valence-electron chi connectivity index (χ0n) is 31.9. The van der Waals surface area contributed by atoms with Crippen molar-refractivity contribution in [1.82, 2.24) is 0 Å². The zero-order chi connectivity index (χ0) is 37.9. The minimum Gasteiger partial charge on any atom is -0.0757 e. The number of hydrogen-bond acceptors (Lipinski definition) is 0. The van der Waals surface area contributed by atoms with Crippen molar-refractivity contribution in [3.8, 4) is 33.4 Å². The van der Waals surface area contributed by atoms with Crippen LogP contribution in [0.4, 0.5) is 0 Å². The summed E-state index contributed by atoms with van der Waals surface area (Å²) < 4.78 is 0. The average Bonchev–Trinajstić information content (AvgIpc) is 3.29. The Kier molecular flexibility index (Phi) is 6.65. The first kappa shape index (κ1) is 31.9. The van der Waals surface area contributed by atoms with E-state index in [0.29, 0.717) is 0 Å². The lowest BCUT2D eigenvalue weighted by atomic mass is 9.73. The summed E-state index contributed by atoms with van der Waals surface area (Å²) in [6.07, 6.45) is 4.45. The van der Waals surface area contributed by atoms with E-state index < -0.39 is 0 Å². The van der Waals surface area contributed by atoms with E-state index in [4.69, 9.17) is 0 Å². The summed E-state index contributed by atoms with van der Waals surface area (Å²) in [7, 11) is 0. The van der Waals surface area contributed by atoms with E-state index in [2.05, 4.69) is 194 Å². The molecule has 0 aromatic heterocycles. The molecule has 0 amide bonds. The molecule has 0 heteroatoms. The Balaban J connectivity index is 1.26. The molecule has 0 heterocycles. The summed E-state index contributed by atoms with van der Waals surface area (Å²) in [5.41, 5.74) is 13.2. The van der Waals surface area contributed by atoms with Gasteiger partial charge in [0.2, 0.25) is 0 Å². The maximum Gasteiger partial charge on any atom is -0.00170 e. The number of fused-ring (bicyclic) bond motifs is 2. The van der Waals surface area contributed by atoms with Gasteiger partial charge in [-0.05, 0) is 144 Å². The molecule has 0 N–H and O–H groups in total. The van der Waals surface area contributed by atoms with E-state index in [1.54, 1.807) is 0 Å². The summed E-state index contributed by atoms with van der Waals surface area (Å²) in [5, 5.41) is 18.4. The molecule has 13 rings (SSSR count). The Morgan fingerprint density at radius 3 is 1.34 bits per heavy atom. The predicted octanol–water partition coefficient (Wildman–Crippen LogP) is 16.0. The van der Waals surface area contributed by atoms with Crippen LogP contribution >= 0.6 is 0 Å². The van der Waals surface area contributed by atoms with Crippen LogP contribution in [0.5, 0.6) is 0 Å². The molecule has 12 aromatic carbocycles. The Labute approximate surface area is 336 Å². The lowest BCUT2D eigenvalue weighted by molar-refractivity contribution is 0.984. The molecule has 0 fully saturated rings. The van der Waals surface area contributed by atoms with Gasteiger partial charge in [-0.1, -0.05) is 194 Å². The maximum absolute atomic E-state index is 2.51. The molecule has 0 saturated carbocycles. The molecule has 0 unspecified atom stereocenters. The third-order valence-electron chi connectivity index (χ3n) is 13.2. The van der Waals surface area contributed by atoms with E-state index in [1.165, 1.54) is 131 Å². The molecule has 0 bridgehead atoms. The average molecular weight is 733 g/mol. The maximum atomic E-state index is 2.51. The fourth-order valence-corrected chi connectivity index (χ4v) is 10.8. The SMILES string of the molecule is C1=C(c2ccccc2)c2c(c(-c3ccc4ccc5cccc6ccc3c4c56)c3c(-c4ccccc4)cccc3c2-c2ccc3ccc4cccc5ccc2c3c45)CC1. The topological polar surface area (TPSA) is 0 Å². The van der Waals surface area contributed by atoms with Crippen molar-refractivity contribution in [1.29, 1.82) is 0 Å². The van der Waals surface area contributed by atoms with Gasteiger partial charge in [-0.2, -0.15) is 0 Å². The molecule has 1 aliphatic rings. The molecule has 0 aliphatic heterocycles. The Morgan fingerprint density at radius 1 is 0.276 bits per heavy atom. The summed E-state index contributed by atoms with van der Waals surface area (Å²) in [6, 6.07) is 70.9. The van der Waals surface area contributed by atoms with Crippen LogP contribution in [0.25, 0.3) is 114 Å². The molecule has 268 valence electrons. The normalized spacial score (nSPS) is 13.1. The number of allylic oxidation sites excluding steroid dienone is 1. The van der Waals surface area contributed by atoms with Crippen LogP contribution in [-0.4, -0.2) is 0 Å². The lowest BCUT2D eigenvalue weighted by Crippen LogP contribution is -2.08. The summed E-state index contributed by atoms with van der Waals surface area (Å²) in [4.78, 5) is 0. The first-order valence-corrected chi connectivity index (χ1v) is 20.6. The van der Waals surface area contributed by atoms with Gasteiger partial charge in [-0.3, -0.25) is 0 Å². The van der Waals surface area contributed by atoms with Crippen LogP contribution in [0.2, 0.25) is 0 Å². The quantitative estimate of drug-likeness (QED) is 0.158. The summed E-state index contributed by atoms with van der Waals surface area (Å²) >= 11 is 0. The Hall–Kier alpha value is -7.28. The van der Waals surface area contributed by atoms with Crippen LogP contribution in [0.1, 0.15) is 23.1 Å². The van der Waals surface area contributed by atoms with Gasteiger partial charge in [0.05, 0.1) is 0 Å². The number of rotatable bonds is 4. The van der Waals surface area contributed by atoms with E-state index in [0.717, 1.165) is 12.8 Å². The van der Waals surface area contributed by atoms with E-state index >= 15 is 0 Å². The lowest BCUT2D eigenvalue weighted by Gasteiger charge is -2.30. The fraction of sp³-hybridized carbons (Fsp3) is 0.0345. The largest absolute Gasteiger partial charge is 0.0757 e. The van der Waals surface area contributed by atoms with Gasteiger partial charge >= 0.3 is 0 Å². The van der Waals surface area contributed by atoms with Crippen LogP contribution < -0.4 is 0 Å². The predicted molar refractivity (Wildman–Crippen MR) is 250 cm³/mol. The highest BCUT2D eigenvalue weighted by molar-refractivity contribution is 6.30. The molecule has 1 aliphatic carbocycles. The van der Waals surface area contributed by atoms with Crippen LogP contribution in [0, 0.1) is 0 Å². The molecule has 0 radical (unpaired) electrons. The first-order valence-electron chi connectivity index (χ1n) is 20.6. The van der Waals surface area contributed by atoms with Crippen molar-refractivity contribution in [2.45, 2.75) is 12.8 Å². The second-order valence-corrected chi connectivity index (χ2v) is 16.2. The first-order chi connectivity index (χ1) is 28.8. The molecule has 0 atom stereocenters. The molecule has 0 saturated heterocycles. The van der Waals surface area contributed by atoms with Crippen LogP contribution in [-0.2, 0) is 6.42 Å².